The van der Waals surface area contributed by atoms with Gasteiger partial charge in [0.15, 0.2) is 11.4 Å². The van der Waals surface area contributed by atoms with E-state index in [4.69, 9.17) is 4.52 Å². The average molecular weight is 577 g/mol. The smallest absolute Gasteiger partial charge is 0.359 e. The molecule has 0 saturated carbocycles. The second-order valence-electron chi connectivity index (χ2n) is 10.3. The van der Waals surface area contributed by atoms with Crippen LogP contribution >= 0.6 is 0 Å². The van der Waals surface area contributed by atoms with Crippen LogP contribution < -0.4 is 5.69 Å². The first-order chi connectivity index (χ1) is 20.8. The molecule has 7 rings (SSSR count). The molecule has 0 aliphatic heterocycles. The van der Waals surface area contributed by atoms with Crippen LogP contribution in [0.2, 0.25) is 0 Å². The van der Waals surface area contributed by atoms with Gasteiger partial charge in [-0.05, 0) is 28.5 Å². The summed E-state index contributed by atoms with van der Waals surface area (Å²) in [6.45, 7) is -0.211. The number of imidazole rings is 1. The summed E-state index contributed by atoms with van der Waals surface area (Å²) in [5.41, 5.74) is 0.741. The third kappa shape index (κ3) is 4.99. The van der Waals surface area contributed by atoms with Gasteiger partial charge >= 0.3 is 11.9 Å². The monoisotopic (exact) mass is 576 g/mol. The Morgan fingerprint density at radius 2 is 1.37 bits per heavy atom. The number of benzene rings is 4. The van der Waals surface area contributed by atoms with E-state index >= 15 is 0 Å². The molecule has 0 amide bonds. The highest BCUT2D eigenvalue weighted by atomic mass is 19.4. The Bertz CT molecular complexity index is 2150. The van der Waals surface area contributed by atoms with Crippen LogP contribution in [-0.4, -0.2) is 19.3 Å². The number of fused-ring (bicyclic) bond motifs is 2. The zero-order valence-electron chi connectivity index (χ0n) is 22.6. The Morgan fingerprint density at radius 3 is 2.12 bits per heavy atom. The van der Waals surface area contributed by atoms with Crippen molar-refractivity contribution in [1.82, 2.24) is 19.3 Å². The molecule has 0 bridgehead atoms. The zero-order valence-corrected chi connectivity index (χ0v) is 22.6. The molecule has 0 N–H and O–H groups in total. The van der Waals surface area contributed by atoms with Crippen LogP contribution in [0.1, 0.15) is 16.9 Å². The van der Waals surface area contributed by atoms with E-state index in [2.05, 4.69) is 10.1 Å². The number of hydrogen-bond donors (Lipinski definition) is 0. The first-order valence-corrected chi connectivity index (χ1v) is 13.6. The number of alkyl halides is 3. The van der Waals surface area contributed by atoms with Crippen molar-refractivity contribution in [2.75, 3.05) is 0 Å². The van der Waals surface area contributed by atoms with E-state index < -0.39 is 17.4 Å². The van der Waals surface area contributed by atoms with Crippen LogP contribution in [0.15, 0.2) is 125 Å². The zero-order chi connectivity index (χ0) is 29.6. The van der Waals surface area contributed by atoms with E-state index in [-0.39, 0.29) is 35.7 Å². The summed E-state index contributed by atoms with van der Waals surface area (Å²) < 4.78 is 51.9. The van der Waals surface area contributed by atoms with Gasteiger partial charge in [-0.2, -0.15) is 13.2 Å². The molecule has 0 aliphatic rings. The Hall–Kier alpha value is -5.44. The van der Waals surface area contributed by atoms with Crippen LogP contribution in [0, 0.1) is 0 Å². The Balaban J connectivity index is 1.38. The predicted molar refractivity (Wildman–Crippen MR) is 159 cm³/mol. The lowest BCUT2D eigenvalue weighted by Crippen LogP contribution is -2.25. The summed E-state index contributed by atoms with van der Waals surface area (Å²) >= 11 is 0. The summed E-state index contributed by atoms with van der Waals surface area (Å²) in [4.78, 5) is 18.5. The highest BCUT2D eigenvalue weighted by Crippen LogP contribution is 2.37. The molecule has 0 fully saturated rings. The third-order valence-electron chi connectivity index (χ3n) is 7.44. The maximum atomic E-state index is 14.7. The number of nitrogens with zero attached hydrogens (tertiary/aromatic N) is 4. The molecule has 0 saturated heterocycles. The van der Waals surface area contributed by atoms with Gasteiger partial charge in [-0.25, -0.2) is 9.78 Å². The molecule has 43 heavy (non-hydrogen) atoms. The van der Waals surface area contributed by atoms with E-state index in [1.165, 1.54) is 4.57 Å². The molecule has 6 nitrogen and oxygen atoms in total. The SMILES string of the molecule is O=c1n(Cc2ccccc2)c2nc(-c3ccccc3)cc(C(F)(F)F)c2n1Cc1cc(-c2ccc3ccccc3c2)no1. The standard InChI is InChI=1S/C34H23F3N4O2/c35-34(36,37)28-19-29(24-12-5-2-6-13-24)38-32-31(28)40(33(42)41(32)20-22-9-3-1-4-10-22)21-27-18-30(39-43-27)26-16-15-23-11-7-8-14-25(23)17-26/h1-19H,20-21H2. The molecule has 3 heterocycles. The van der Waals surface area contributed by atoms with Crippen molar-refractivity contribution in [3.8, 4) is 22.5 Å². The molecular weight excluding hydrogens is 553 g/mol. The Kier molecular flexibility index (Phi) is 6.42. The number of hydrogen-bond acceptors (Lipinski definition) is 4. The van der Waals surface area contributed by atoms with E-state index in [0.29, 0.717) is 11.3 Å². The molecule has 9 heteroatoms. The first-order valence-electron chi connectivity index (χ1n) is 13.6. The lowest BCUT2D eigenvalue weighted by molar-refractivity contribution is -0.136. The van der Waals surface area contributed by atoms with Gasteiger partial charge in [0.05, 0.1) is 24.3 Å². The van der Waals surface area contributed by atoms with Gasteiger partial charge < -0.3 is 4.52 Å². The van der Waals surface area contributed by atoms with Crippen LogP contribution in [0.5, 0.6) is 0 Å². The molecule has 212 valence electrons. The van der Waals surface area contributed by atoms with Gasteiger partial charge in [-0.1, -0.05) is 102 Å². The summed E-state index contributed by atoms with van der Waals surface area (Å²) in [5.74, 6) is 0.240. The fourth-order valence-electron chi connectivity index (χ4n) is 5.37. The van der Waals surface area contributed by atoms with Gasteiger partial charge in [0.1, 0.15) is 11.2 Å². The maximum absolute atomic E-state index is 14.7. The Morgan fingerprint density at radius 1 is 0.674 bits per heavy atom. The van der Waals surface area contributed by atoms with E-state index in [9.17, 15) is 18.0 Å². The van der Waals surface area contributed by atoms with Crippen molar-refractivity contribution < 1.29 is 17.7 Å². The molecule has 3 aromatic heterocycles. The molecule has 0 unspecified atom stereocenters. The highest BCUT2D eigenvalue weighted by Gasteiger charge is 2.37. The van der Waals surface area contributed by atoms with Crippen molar-refractivity contribution in [2.45, 2.75) is 19.3 Å². The van der Waals surface area contributed by atoms with Crippen molar-refractivity contribution >= 4 is 21.9 Å². The minimum atomic E-state index is -4.75. The van der Waals surface area contributed by atoms with Crippen LogP contribution in [0.25, 0.3) is 44.5 Å². The second-order valence-corrected chi connectivity index (χ2v) is 10.3. The fraction of sp³-hybridized carbons (Fsp3) is 0.0882. The van der Waals surface area contributed by atoms with Crippen molar-refractivity contribution in [1.29, 1.82) is 0 Å². The number of halogens is 3. The molecule has 0 atom stereocenters. The van der Waals surface area contributed by atoms with Gasteiger partial charge in [0.2, 0.25) is 0 Å². The predicted octanol–water partition coefficient (Wildman–Crippen LogP) is 7.79. The number of pyridine rings is 1. The van der Waals surface area contributed by atoms with Crippen LogP contribution in [0.4, 0.5) is 13.2 Å². The van der Waals surface area contributed by atoms with Crippen LogP contribution in [0.3, 0.4) is 0 Å². The third-order valence-corrected chi connectivity index (χ3v) is 7.44. The quantitative estimate of drug-likeness (QED) is 0.203. The van der Waals surface area contributed by atoms with Crippen LogP contribution in [-0.2, 0) is 19.3 Å². The normalized spacial score (nSPS) is 11.9. The van der Waals surface area contributed by atoms with Crippen molar-refractivity contribution in [3.05, 3.63) is 143 Å². The molecule has 4 aromatic carbocycles. The summed E-state index contributed by atoms with van der Waals surface area (Å²) in [7, 11) is 0. The summed E-state index contributed by atoms with van der Waals surface area (Å²) in [5, 5.41) is 6.24. The minimum Gasteiger partial charge on any atom is -0.359 e. The van der Waals surface area contributed by atoms with Gasteiger partial charge in [0.25, 0.3) is 0 Å². The largest absolute Gasteiger partial charge is 0.418 e. The van der Waals surface area contributed by atoms with E-state index in [1.54, 1.807) is 36.4 Å². The topological polar surface area (TPSA) is 65.8 Å². The van der Waals surface area contributed by atoms with E-state index in [1.807, 2.05) is 72.8 Å². The second kappa shape index (κ2) is 10.4. The van der Waals surface area contributed by atoms with Crippen molar-refractivity contribution in [2.24, 2.45) is 0 Å². The van der Waals surface area contributed by atoms with Gasteiger partial charge in [0, 0.05) is 17.2 Å². The van der Waals surface area contributed by atoms with E-state index in [0.717, 1.165) is 32.5 Å². The molecule has 0 spiro atoms. The van der Waals surface area contributed by atoms with Gasteiger partial charge in [-0.15, -0.1) is 0 Å². The van der Waals surface area contributed by atoms with Gasteiger partial charge in [-0.3, -0.25) is 9.13 Å². The fourth-order valence-corrected chi connectivity index (χ4v) is 5.37. The minimum absolute atomic E-state index is 0.0461. The number of rotatable bonds is 6. The molecular formula is C34H23F3N4O2. The molecule has 0 aliphatic carbocycles. The highest BCUT2D eigenvalue weighted by molar-refractivity contribution is 5.86. The number of aromatic nitrogens is 4. The first kappa shape index (κ1) is 26.5. The Labute approximate surface area is 243 Å². The lowest BCUT2D eigenvalue weighted by atomic mass is 10.1. The maximum Gasteiger partial charge on any atom is 0.418 e. The lowest BCUT2D eigenvalue weighted by Gasteiger charge is -2.13. The molecule has 0 radical (unpaired) electrons. The summed E-state index contributed by atoms with van der Waals surface area (Å²) in [6.07, 6.45) is -4.75. The molecule has 7 aromatic rings. The average Bonchev–Trinajstić information content (AvgIpc) is 3.60. The van der Waals surface area contributed by atoms with Crippen molar-refractivity contribution in [3.63, 3.8) is 0 Å². The summed E-state index contributed by atoms with van der Waals surface area (Å²) in [6, 6.07) is 34.1.